The topological polar surface area (TPSA) is 18.5 Å². The fraction of sp³-hybridized carbons (Fsp3) is 0.571. The fourth-order valence-electron chi connectivity index (χ4n) is 1.32. The monoisotopic (exact) mass is 239 g/mol. The van der Waals surface area contributed by atoms with Gasteiger partial charge in [-0.2, -0.15) is 0 Å². The normalized spacial score (nSPS) is 10.3. The van der Waals surface area contributed by atoms with Crippen LogP contribution in [0.5, 0.6) is 11.5 Å². The molecular weight excluding hydrogens is 219 g/mol. The molecule has 0 aliphatic carbocycles. The van der Waals surface area contributed by atoms with E-state index in [2.05, 4.69) is 19.9 Å². The molecule has 17 heavy (non-hydrogen) atoms. The lowest BCUT2D eigenvalue weighted by atomic mass is 10.3. The van der Waals surface area contributed by atoms with E-state index in [1.54, 1.807) is 0 Å². The third kappa shape index (κ3) is 4.63. The zero-order valence-corrected chi connectivity index (χ0v) is 10.6. The van der Waals surface area contributed by atoms with Crippen LogP contribution in [0.2, 0.25) is 0 Å². The molecule has 0 saturated carbocycles. The number of hydrogen-bond donors (Lipinski definition) is 0. The number of unbranched alkanes of at least 4 members (excludes halogenated alkanes) is 2. The summed E-state index contributed by atoms with van der Waals surface area (Å²) in [4.78, 5) is 0. The van der Waals surface area contributed by atoms with Gasteiger partial charge in [-0.1, -0.05) is 26.7 Å². The molecule has 0 spiro atoms. The van der Waals surface area contributed by atoms with Gasteiger partial charge in [-0.05, 0) is 25.0 Å². The Labute approximate surface area is 103 Å². The number of rotatable bonds is 8. The molecule has 95 valence electrons. The molecule has 0 amide bonds. The zero-order chi connectivity index (χ0) is 12.5. The van der Waals surface area contributed by atoms with Crippen molar-refractivity contribution in [1.29, 1.82) is 0 Å². The highest BCUT2D eigenvalue weighted by atomic mass is 19.1. The highest BCUT2D eigenvalue weighted by molar-refractivity contribution is 5.39. The Morgan fingerprint density at radius 1 is 1.12 bits per heavy atom. The predicted octanol–water partition coefficient (Wildman–Crippen LogP) is 3.98. The molecule has 0 unspecified atom stereocenters. The Kier molecular flexibility index (Phi) is 6.45. The molecule has 1 aromatic rings. The number of benzene rings is 1. The maximum atomic E-state index is 13.6. The van der Waals surface area contributed by atoms with Crippen LogP contribution in [-0.2, 0) is 0 Å². The van der Waals surface area contributed by atoms with E-state index in [4.69, 9.17) is 9.47 Å². The van der Waals surface area contributed by atoms with Gasteiger partial charge in [-0.3, -0.25) is 0 Å². The summed E-state index contributed by atoms with van der Waals surface area (Å²) >= 11 is 0. The van der Waals surface area contributed by atoms with Gasteiger partial charge in [0.1, 0.15) is 0 Å². The minimum absolute atomic E-state index is 0.192. The van der Waals surface area contributed by atoms with Gasteiger partial charge in [-0.25, -0.2) is 4.39 Å². The first-order chi connectivity index (χ1) is 8.29. The third-order valence-electron chi connectivity index (χ3n) is 2.36. The average Bonchev–Trinajstić information content (AvgIpc) is 2.33. The summed E-state index contributed by atoms with van der Waals surface area (Å²) in [6.45, 7) is 5.23. The maximum Gasteiger partial charge on any atom is 0.197 e. The van der Waals surface area contributed by atoms with Gasteiger partial charge in [0.15, 0.2) is 17.3 Å². The van der Waals surface area contributed by atoms with E-state index < -0.39 is 0 Å². The van der Waals surface area contributed by atoms with Gasteiger partial charge in [0, 0.05) is 6.07 Å². The van der Waals surface area contributed by atoms with E-state index in [0.717, 1.165) is 25.7 Å². The van der Waals surface area contributed by atoms with Crippen LogP contribution in [0.25, 0.3) is 0 Å². The molecule has 0 aliphatic rings. The molecule has 1 radical (unpaired) electrons. The molecule has 0 aromatic heterocycles. The quantitative estimate of drug-likeness (QED) is 0.639. The van der Waals surface area contributed by atoms with Crippen molar-refractivity contribution in [2.75, 3.05) is 13.2 Å². The van der Waals surface area contributed by atoms with Crippen LogP contribution < -0.4 is 9.47 Å². The first-order valence-corrected chi connectivity index (χ1v) is 6.25. The van der Waals surface area contributed by atoms with Crippen molar-refractivity contribution in [3.63, 3.8) is 0 Å². The SMILES string of the molecule is CCCCOc1[c]ccc(F)c1OCCCC. The van der Waals surface area contributed by atoms with Crippen LogP contribution in [0.1, 0.15) is 39.5 Å². The van der Waals surface area contributed by atoms with Gasteiger partial charge < -0.3 is 9.47 Å². The van der Waals surface area contributed by atoms with Crippen LogP contribution in [0, 0.1) is 11.9 Å². The van der Waals surface area contributed by atoms with E-state index >= 15 is 0 Å². The predicted molar refractivity (Wildman–Crippen MR) is 66.0 cm³/mol. The summed E-state index contributed by atoms with van der Waals surface area (Å²) in [5.41, 5.74) is 0. The summed E-state index contributed by atoms with van der Waals surface area (Å²) in [5, 5.41) is 0. The van der Waals surface area contributed by atoms with E-state index in [-0.39, 0.29) is 11.6 Å². The highest BCUT2D eigenvalue weighted by Crippen LogP contribution is 2.29. The average molecular weight is 239 g/mol. The van der Waals surface area contributed by atoms with Gasteiger partial charge in [0.2, 0.25) is 0 Å². The smallest absolute Gasteiger partial charge is 0.197 e. The molecule has 3 heteroatoms. The number of halogens is 1. The highest BCUT2D eigenvalue weighted by Gasteiger charge is 2.11. The number of hydrogen-bond acceptors (Lipinski definition) is 2. The molecule has 0 N–H and O–H groups in total. The largest absolute Gasteiger partial charge is 0.489 e. The standard InChI is InChI=1S/C14H20FO2/c1-3-5-10-16-13-9-7-8-12(15)14(13)17-11-6-4-2/h7-8H,3-6,10-11H2,1-2H3. The molecule has 2 nitrogen and oxygen atoms in total. The second-order valence-electron chi connectivity index (χ2n) is 3.89. The van der Waals surface area contributed by atoms with Crippen molar-refractivity contribution in [3.05, 3.63) is 24.0 Å². The van der Waals surface area contributed by atoms with Gasteiger partial charge in [-0.15, -0.1) is 0 Å². The first kappa shape index (κ1) is 13.8. The Bertz CT molecular complexity index is 326. The summed E-state index contributed by atoms with van der Waals surface area (Å²) in [7, 11) is 0. The van der Waals surface area contributed by atoms with Crippen LogP contribution in [0.3, 0.4) is 0 Å². The van der Waals surface area contributed by atoms with E-state index in [1.165, 1.54) is 12.1 Å². The lowest BCUT2D eigenvalue weighted by Crippen LogP contribution is -2.04. The molecule has 0 atom stereocenters. The molecule has 0 aliphatic heterocycles. The van der Waals surface area contributed by atoms with Gasteiger partial charge in [0.05, 0.1) is 13.2 Å². The number of ether oxygens (including phenoxy) is 2. The Morgan fingerprint density at radius 3 is 2.41 bits per heavy atom. The van der Waals surface area contributed by atoms with Crippen molar-refractivity contribution in [3.8, 4) is 11.5 Å². The lowest BCUT2D eigenvalue weighted by Gasteiger charge is -2.12. The van der Waals surface area contributed by atoms with Crippen molar-refractivity contribution in [2.45, 2.75) is 39.5 Å². The van der Waals surface area contributed by atoms with Crippen LogP contribution >= 0.6 is 0 Å². The van der Waals surface area contributed by atoms with Crippen molar-refractivity contribution < 1.29 is 13.9 Å². The maximum absolute atomic E-state index is 13.6. The van der Waals surface area contributed by atoms with Crippen molar-refractivity contribution in [2.24, 2.45) is 0 Å². The van der Waals surface area contributed by atoms with Crippen molar-refractivity contribution in [1.82, 2.24) is 0 Å². The molecule has 0 saturated heterocycles. The molecule has 1 rings (SSSR count). The van der Waals surface area contributed by atoms with E-state index in [1.807, 2.05) is 0 Å². The van der Waals surface area contributed by atoms with Crippen LogP contribution in [0.4, 0.5) is 4.39 Å². The molecule has 1 aromatic carbocycles. The Hall–Kier alpha value is -1.25. The molecule has 0 bridgehead atoms. The zero-order valence-electron chi connectivity index (χ0n) is 10.6. The minimum atomic E-state index is -0.383. The minimum Gasteiger partial charge on any atom is -0.489 e. The first-order valence-electron chi connectivity index (χ1n) is 6.25. The molecule has 0 heterocycles. The van der Waals surface area contributed by atoms with Gasteiger partial charge in [0.25, 0.3) is 0 Å². The fourth-order valence-corrected chi connectivity index (χ4v) is 1.32. The van der Waals surface area contributed by atoms with Crippen LogP contribution in [0.15, 0.2) is 12.1 Å². The third-order valence-corrected chi connectivity index (χ3v) is 2.36. The Morgan fingerprint density at radius 2 is 1.76 bits per heavy atom. The lowest BCUT2D eigenvalue weighted by molar-refractivity contribution is 0.251. The Balaban J connectivity index is 2.63. The molecular formula is C14H20FO2. The van der Waals surface area contributed by atoms with Gasteiger partial charge >= 0.3 is 0 Å². The second kappa shape index (κ2) is 7.93. The summed E-state index contributed by atoms with van der Waals surface area (Å²) in [6, 6.07) is 5.73. The summed E-state index contributed by atoms with van der Waals surface area (Å²) in [5.74, 6) is 0.193. The molecule has 0 fully saturated rings. The second-order valence-corrected chi connectivity index (χ2v) is 3.89. The van der Waals surface area contributed by atoms with E-state index in [9.17, 15) is 4.39 Å². The summed E-state index contributed by atoms with van der Waals surface area (Å²) < 4.78 is 24.4. The van der Waals surface area contributed by atoms with E-state index in [0.29, 0.717) is 19.0 Å². The summed E-state index contributed by atoms with van der Waals surface area (Å²) in [6.07, 6.45) is 3.91. The van der Waals surface area contributed by atoms with Crippen molar-refractivity contribution >= 4 is 0 Å². The van der Waals surface area contributed by atoms with Crippen LogP contribution in [-0.4, -0.2) is 13.2 Å².